The van der Waals surface area contributed by atoms with Crippen molar-refractivity contribution in [2.75, 3.05) is 0 Å². The molecule has 0 saturated heterocycles. The van der Waals surface area contributed by atoms with Crippen LogP contribution >= 0.6 is 0 Å². The van der Waals surface area contributed by atoms with E-state index in [1.54, 1.807) is 46.0 Å². The second kappa shape index (κ2) is 7.49. The van der Waals surface area contributed by atoms with Gasteiger partial charge >= 0.3 is 0 Å². The molecule has 2 rings (SSSR count). The third kappa shape index (κ3) is 4.76. The highest BCUT2D eigenvalue weighted by molar-refractivity contribution is 7.91. The van der Waals surface area contributed by atoms with Crippen molar-refractivity contribution >= 4 is 17.1 Å². The first-order valence-corrected chi connectivity index (χ1v) is 8.81. The molecule has 0 amide bonds. The van der Waals surface area contributed by atoms with Gasteiger partial charge in [-0.3, -0.25) is 4.79 Å². The summed E-state index contributed by atoms with van der Waals surface area (Å²) < 4.78 is 44.2. The summed E-state index contributed by atoms with van der Waals surface area (Å²) in [6.07, 6.45) is 1.57. The number of hydrogen-bond acceptors (Lipinski definition) is 3. The molecule has 134 valence electrons. The van der Waals surface area contributed by atoms with Crippen LogP contribution in [0.25, 0.3) is 0 Å². The fraction of sp³-hybridized carbons (Fsp3) is 0.333. The van der Waals surface area contributed by atoms with E-state index in [0.717, 1.165) is 12.1 Å². The molecule has 0 aliphatic carbocycles. The predicted octanol–water partition coefficient (Wildman–Crippen LogP) is 3.39. The lowest BCUT2D eigenvalue weighted by atomic mass is 10.1. The topological polar surface area (TPSA) is 57.4 Å². The SMILES string of the molecule is Cc1cccn(CC(=N[S+]([O-])C(C)(C)C)c2ccc(F)c(F)c2)c1=O. The number of benzene rings is 1. The monoisotopic (exact) mass is 366 g/mol. The summed E-state index contributed by atoms with van der Waals surface area (Å²) in [6.45, 7) is 6.96. The van der Waals surface area contributed by atoms with Crippen LogP contribution in [-0.4, -0.2) is 19.6 Å². The zero-order valence-electron chi connectivity index (χ0n) is 14.5. The first-order valence-electron chi connectivity index (χ1n) is 7.70. The van der Waals surface area contributed by atoms with Gasteiger partial charge in [0.25, 0.3) is 5.56 Å². The lowest BCUT2D eigenvalue weighted by molar-refractivity contribution is 0.508. The summed E-state index contributed by atoms with van der Waals surface area (Å²) in [5.41, 5.74) is 0.855. The molecule has 0 saturated carbocycles. The number of hydrogen-bond donors (Lipinski definition) is 0. The van der Waals surface area contributed by atoms with E-state index in [-0.39, 0.29) is 23.4 Å². The van der Waals surface area contributed by atoms with E-state index >= 15 is 0 Å². The number of rotatable bonds is 4. The second-order valence-corrected chi connectivity index (χ2v) is 8.56. The molecule has 1 aromatic carbocycles. The average molecular weight is 366 g/mol. The molecule has 0 bridgehead atoms. The van der Waals surface area contributed by atoms with Crippen LogP contribution in [0.4, 0.5) is 8.78 Å². The molecule has 25 heavy (non-hydrogen) atoms. The maximum absolute atomic E-state index is 13.6. The van der Waals surface area contributed by atoms with Crippen molar-refractivity contribution in [2.24, 2.45) is 4.40 Å². The highest BCUT2D eigenvalue weighted by Gasteiger charge is 2.28. The molecular formula is C18H20F2N2O2S. The van der Waals surface area contributed by atoms with Crippen LogP contribution < -0.4 is 5.56 Å². The van der Waals surface area contributed by atoms with Gasteiger partial charge in [-0.15, -0.1) is 0 Å². The number of aromatic nitrogens is 1. The lowest BCUT2D eigenvalue weighted by Crippen LogP contribution is -2.30. The smallest absolute Gasteiger partial charge is 0.253 e. The summed E-state index contributed by atoms with van der Waals surface area (Å²) >= 11 is -1.61. The molecule has 7 heteroatoms. The Hall–Kier alpha value is -1.99. The van der Waals surface area contributed by atoms with Crippen molar-refractivity contribution in [1.29, 1.82) is 0 Å². The highest BCUT2D eigenvalue weighted by Crippen LogP contribution is 2.19. The van der Waals surface area contributed by atoms with Crippen molar-refractivity contribution < 1.29 is 13.3 Å². The van der Waals surface area contributed by atoms with E-state index in [4.69, 9.17) is 0 Å². The molecule has 4 nitrogen and oxygen atoms in total. The van der Waals surface area contributed by atoms with Gasteiger partial charge in [0.05, 0.1) is 6.54 Å². The van der Waals surface area contributed by atoms with Gasteiger partial charge in [-0.25, -0.2) is 8.78 Å². The van der Waals surface area contributed by atoms with E-state index < -0.39 is 27.7 Å². The Morgan fingerprint density at radius 2 is 1.92 bits per heavy atom. The number of pyridine rings is 1. The largest absolute Gasteiger partial charge is 0.591 e. The van der Waals surface area contributed by atoms with Crippen LogP contribution in [-0.2, 0) is 17.9 Å². The minimum Gasteiger partial charge on any atom is -0.591 e. The van der Waals surface area contributed by atoms with Crippen molar-refractivity contribution in [2.45, 2.75) is 39.0 Å². The van der Waals surface area contributed by atoms with Crippen LogP contribution in [0.15, 0.2) is 45.7 Å². The first-order chi connectivity index (χ1) is 11.6. The van der Waals surface area contributed by atoms with Crippen molar-refractivity contribution in [3.05, 3.63) is 69.6 Å². The molecule has 1 atom stereocenters. The zero-order valence-corrected chi connectivity index (χ0v) is 15.4. The van der Waals surface area contributed by atoms with Gasteiger partial charge in [0, 0.05) is 17.3 Å². The van der Waals surface area contributed by atoms with Gasteiger partial charge in [-0.05, 0) is 52.0 Å². The molecule has 1 aromatic heterocycles. The van der Waals surface area contributed by atoms with Crippen LogP contribution in [0.5, 0.6) is 0 Å². The molecule has 2 aromatic rings. The van der Waals surface area contributed by atoms with Gasteiger partial charge in [0.1, 0.15) is 21.8 Å². The molecule has 0 radical (unpaired) electrons. The molecule has 0 spiro atoms. The highest BCUT2D eigenvalue weighted by atomic mass is 32.2. The Morgan fingerprint density at radius 3 is 2.52 bits per heavy atom. The van der Waals surface area contributed by atoms with E-state index in [1.807, 2.05) is 0 Å². The fourth-order valence-corrected chi connectivity index (χ4v) is 2.67. The van der Waals surface area contributed by atoms with Crippen LogP contribution in [0.1, 0.15) is 31.9 Å². The van der Waals surface area contributed by atoms with Gasteiger partial charge in [-0.1, -0.05) is 10.5 Å². The van der Waals surface area contributed by atoms with Crippen molar-refractivity contribution in [3.63, 3.8) is 0 Å². The normalized spacial score (nSPS) is 13.8. The van der Waals surface area contributed by atoms with Gasteiger partial charge in [0.15, 0.2) is 11.6 Å². The molecule has 1 unspecified atom stereocenters. The summed E-state index contributed by atoms with van der Waals surface area (Å²) in [5, 5.41) is 0. The van der Waals surface area contributed by atoms with Gasteiger partial charge in [0.2, 0.25) is 0 Å². The van der Waals surface area contributed by atoms with E-state index in [1.165, 1.54) is 10.6 Å². The lowest BCUT2D eigenvalue weighted by Gasteiger charge is -2.20. The molecule has 0 aliphatic rings. The Balaban J connectivity index is 2.52. The Morgan fingerprint density at radius 1 is 1.24 bits per heavy atom. The summed E-state index contributed by atoms with van der Waals surface area (Å²) in [7, 11) is 0. The Labute approximate surface area is 148 Å². The minimum atomic E-state index is -1.61. The fourth-order valence-electron chi connectivity index (χ4n) is 2.03. The zero-order chi connectivity index (χ0) is 18.8. The molecule has 1 heterocycles. The Kier molecular flexibility index (Phi) is 5.80. The third-order valence-electron chi connectivity index (χ3n) is 3.50. The van der Waals surface area contributed by atoms with Crippen LogP contribution in [0.2, 0.25) is 0 Å². The standard InChI is InChI=1S/C18H20F2N2O2S/c1-12-6-5-9-22(17(12)23)11-16(21-25(24)18(2,3)4)13-7-8-14(19)15(20)10-13/h5-10H,11H2,1-4H3. The second-order valence-electron chi connectivity index (χ2n) is 6.65. The average Bonchev–Trinajstić information content (AvgIpc) is 2.52. The van der Waals surface area contributed by atoms with Gasteiger partial charge < -0.3 is 9.12 Å². The number of halogens is 2. The molecule has 0 aliphatic heterocycles. The summed E-state index contributed by atoms with van der Waals surface area (Å²) in [5.74, 6) is -2.00. The van der Waals surface area contributed by atoms with Crippen LogP contribution in [0.3, 0.4) is 0 Å². The molecule has 0 fully saturated rings. The van der Waals surface area contributed by atoms with E-state index in [9.17, 15) is 18.1 Å². The molecule has 0 N–H and O–H groups in total. The Bertz CT molecular complexity index is 857. The third-order valence-corrected chi connectivity index (χ3v) is 4.93. The first kappa shape index (κ1) is 19.3. The maximum atomic E-state index is 13.6. The summed E-state index contributed by atoms with van der Waals surface area (Å²) in [4.78, 5) is 12.2. The number of nitrogens with zero attached hydrogens (tertiary/aromatic N) is 2. The van der Waals surface area contributed by atoms with E-state index in [2.05, 4.69) is 4.40 Å². The maximum Gasteiger partial charge on any atom is 0.253 e. The quantitative estimate of drug-likeness (QED) is 0.615. The minimum absolute atomic E-state index is 0.00735. The number of aryl methyl sites for hydroxylation is 1. The van der Waals surface area contributed by atoms with Gasteiger partial charge in [-0.2, -0.15) is 0 Å². The van der Waals surface area contributed by atoms with Crippen molar-refractivity contribution in [1.82, 2.24) is 4.57 Å². The summed E-state index contributed by atoms with van der Waals surface area (Å²) in [6, 6.07) is 6.73. The van der Waals surface area contributed by atoms with Crippen LogP contribution in [0, 0.1) is 18.6 Å². The van der Waals surface area contributed by atoms with Crippen molar-refractivity contribution in [3.8, 4) is 0 Å². The predicted molar refractivity (Wildman–Crippen MR) is 96.2 cm³/mol. The van der Waals surface area contributed by atoms with E-state index in [0.29, 0.717) is 5.56 Å². The molecular weight excluding hydrogens is 346 g/mol.